The monoisotopic (exact) mass is 293 g/mol. The Hall–Kier alpha value is -2.77. The highest BCUT2D eigenvalue weighted by atomic mass is 16.5. The van der Waals surface area contributed by atoms with Gasteiger partial charge in [-0.25, -0.2) is 9.80 Å². The van der Waals surface area contributed by atoms with E-state index in [9.17, 15) is 9.59 Å². The number of amides is 3. The van der Waals surface area contributed by atoms with Crippen molar-refractivity contribution in [3.63, 3.8) is 0 Å². The van der Waals surface area contributed by atoms with Gasteiger partial charge in [-0.15, -0.1) is 0 Å². The zero-order chi connectivity index (χ0) is 15.4. The molecular formula is C13H15N3O5. The fourth-order valence-electron chi connectivity index (χ4n) is 1.84. The molecule has 8 nitrogen and oxygen atoms in total. The number of hydrogen-bond donors (Lipinski definition) is 1. The SMILES string of the molecule is COc1cc(/C=N/N2CC(=O)NC2=O)cc(OC)c1OC. The molecule has 0 atom stereocenters. The molecule has 1 heterocycles. The number of hydrogen-bond acceptors (Lipinski definition) is 6. The van der Waals surface area contributed by atoms with Gasteiger partial charge in [0.2, 0.25) is 11.7 Å². The minimum atomic E-state index is -0.552. The van der Waals surface area contributed by atoms with Gasteiger partial charge in [-0.3, -0.25) is 10.1 Å². The quantitative estimate of drug-likeness (QED) is 0.634. The van der Waals surface area contributed by atoms with Crippen LogP contribution in [-0.4, -0.2) is 51.0 Å². The molecule has 2 rings (SSSR count). The minimum absolute atomic E-state index is 0.0975. The lowest BCUT2D eigenvalue weighted by Crippen LogP contribution is -2.24. The van der Waals surface area contributed by atoms with Gasteiger partial charge in [0.25, 0.3) is 0 Å². The number of hydrazone groups is 1. The molecule has 21 heavy (non-hydrogen) atoms. The summed E-state index contributed by atoms with van der Waals surface area (Å²) in [6.45, 7) is -0.0975. The molecule has 1 aliphatic heterocycles. The molecule has 0 bridgehead atoms. The number of ether oxygens (including phenoxy) is 3. The summed E-state index contributed by atoms with van der Waals surface area (Å²) in [5.41, 5.74) is 0.636. The molecule has 112 valence electrons. The van der Waals surface area contributed by atoms with Crippen LogP contribution >= 0.6 is 0 Å². The van der Waals surface area contributed by atoms with Gasteiger partial charge in [-0.2, -0.15) is 5.10 Å². The predicted octanol–water partition coefficient (Wildman–Crippen LogP) is 0.598. The van der Waals surface area contributed by atoms with E-state index in [0.29, 0.717) is 22.8 Å². The molecule has 0 aromatic heterocycles. The molecule has 1 N–H and O–H groups in total. The van der Waals surface area contributed by atoms with Crippen LogP contribution in [0.5, 0.6) is 17.2 Å². The van der Waals surface area contributed by atoms with Gasteiger partial charge in [0.15, 0.2) is 11.5 Å². The van der Waals surface area contributed by atoms with Crippen LogP contribution in [0.2, 0.25) is 0 Å². The lowest BCUT2D eigenvalue weighted by atomic mass is 10.2. The summed E-state index contributed by atoms with van der Waals surface area (Å²) in [6, 6.07) is 2.81. The van der Waals surface area contributed by atoms with Crippen LogP contribution in [0.1, 0.15) is 5.56 Å². The van der Waals surface area contributed by atoms with Crippen molar-refractivity contribution in [1.29, 1.82) is 0 Å². The molecule has 0 saturated carbocycles. The molecule has 8 heteroatoms. The van der Waals surface area contributed by atoms with Gasteiger partial charge >= 0.3 is 6.03 Å². The van der Waals surface area contributed by atoms with E-state index in [1.54, 1.807) is 12.1 Å². The number of imide groups is 1. The number of carbonyl (C=O) groups excluding carboxylic acids is 2. The third-order valence-corrected chi connectivity index (χ3v) is 2.81. The maximum absolute atomic E-state index is 11.4. The molecular weight excluding hydrogens is 278 g/mol. The Bertz CT molecular complexity index is 574. The molecule has 1 aromatic rings. The first-order valence-electron chi connectivity index (χ1n) is 6.04. The summed E-state index contributed by atoms with van der Waals surface area (Å²) in [4.78, 5) is 22.4. The van der Waals surface area contributed by atoms with Gasteiger partial charge in [0.1, 0.15) is 6.54 Å². The molecule has 3 amide bonds. The summed E-state index contributed by atoms with van der Waals surface area (Å²) < 4.78 is 15.6. The van der Waals surface area contributed by atoms with Crippen molar-refractivity contribution in [1.82, 2.24) is 10.3 Å². The second-order valence-electron chi connectivity index (χ2n) is 4.11. The normalized spacial score (nSPS) is 14.5. The number of nitrogens with one attached hydrogen (secondary N) is 1. The number of nitrogens with zero attached hydrogens (tertiary/aromatic N) is 2. The number of benzene rings is 1. The lowest BCUT2D eigenvalue weighted by Gasteiger charge is -2.13. The van der Waals surface area contributed by atoms with Crippen LogP contribution in [0, 0.1) is 0 Å². The second kappa shape index (κ2) is 6.12. The Morgan fingerprint density at radius 2 is 1.76 bits per heavy atom. The zero-order valence-corrected chi connectivity index (χ0v) is 11.9. The fraction of sp³-hybridized carbons (Fsp3) is 0.308. The topological polar surface area (TPSA) is 89.5 Å². The van der Waals surface area contributed by atoms with Crippen LogP contribution in [-0.2, 0) is 4.79 Å². The van der Waals surface area contributed by atoms with Gasteiger partial charge < -0.3 is 14.2 Å². The highest BCUT2D eigenvalue weighted by Crippen LogP contribution is 2.37. The van der Waals surface area contributed by atoms with Gasteiger partial charge in [-0.05, 0) is 12.1 Å². The average Bonchev–Trinajstić information content (AvgIpc) is 2.81. The number of urea groups is 1. The highest BCUT2D eigenvalue weighted by Gasteiger charge is 2.26. The van der Waals surface area contributed by atoms with E-state index in [1.807, 2.05) is 0 Å². The fourth-order valence-corrected chi connectivity index (χ4v) is 1.84. The van der Waals surface area contributed by atoms with E-state index in [2.05, 4.69) is 10.4 Å². The summed E-state index contributed by atoms with van der Waals surface area (Å²) in [7, 11) is 4.52. The van der Waals surface area contributed by atoms with Crippen molar-refractivity contribution in [2.75, 3.05) is 27.9 Å². The molecule has 1 aliphatic rings. The van der Waals surface area contributed by atoms with E-state index in [0.717, 1.165) is 5.01 Å². The largest absolute Gasteiger partial charge is 0.493 e. The second-order valence-corrected chi connectivity index (χ2v) is 4.11. The molecule has 0 unspecified atom stereocenters. The first-order chi connectivity index (χ1) is 10.1. The molecule has 0 spiro atoms. The number of rotatable bonds is 5. The summed E-state index contributed by atoms with van der Waals surface area (Å²) >= 11 is 0. The first-order valence-corrected chi connectivity index (χ1v) is 6.04. The summed E-state index contributed by atoms with van der Waals surface area (Å²) in [5, 5.41) is 7.12. The Labute approximate surface area is 121 Å². The first kappa shape index (κ1) is 14.6. The lowest BCUT2D eigenvalue weighted by molar-refractivity contribution is -0.118. The third kappa shape index (κ3) is 3.04. The maximum atomic E-state index is 11.4. The van der Waals surface area contributed by atoms with E-state index in [-0.39, 0.29) is 12.5 Å². The predicted molar refractivity (Wildman–Crippen MR) is 73.9 cm³/mol. The molecule has 0 aliphatic carbocycles. The van der Waals surface area contributed by atoms with Crippen LogP contribution in [0.15, 0.2) is 17.2 Å². The minimum Gasteiger partial charge on any atom is -0.493 e. The van der Waals surface area contributed by atoms with Crippen LogP contribution < -0.4 is 19.5 Å². The van der Waals surface area contributed by atoms with Gasteiger partial charge in [-0.1, -0.05) is 0 Å². The van der Waals surface area contributed by atoms with Crippen molar-refractivity contribution in [3.05, 3.63) is 17.7 Å². The van der Waals surface area contributed by atoms with Crippen molar-refractivity contribution < 1.29 is 23.8 Å². The Morgan fingerprint density at radius 3 is 2.19 bits per heavy atom. The standard InChI is InChI=1S/C13H15N3O5/c1-19-9-4-8(5-10(20-2)12(9)21-3)6-14-16-7-11(17)15-13(16)18/h4-6H,7H2,1-3H3,(H,15,17,18)/b14-6+. The zero-order valence-electron chi connectivity index (χ0n) is 11.9. The van der Waals surface area contributed by atoms with Gasteiger partial charge in [0.05, 0.1) is 27.5 Å². The van der Waals surface area contributed by atoms with Crippen molar-refractivity contribution >= 4 is 18.2 Å². The molecule has 0 radical (unpaired) electrons. The van der Waals surface area contributed by atoms with E-state index in [1.165, 1.54) is 27.5 Å². The summed E-state index contributed by atoms with van der Waals surface area (Å²) in [5.74, 6) is 1.02. The molecule has 1 aromatic carbocycles. The maximum Gasteiger partial charge on any atom is 0.344 e. The van der Waals surface area contributed by atoms with Crippen LogP contribution in [0.3, 0.4) is 0 Å². The van der Waals surface area contributed by atoms with Crippen molar-refractivity contribution in [2.24, 2.45) is 5.10 Å². The smallest absolute Gasteiger partial charge is 0.344 e. The van der Waals surface area contributed by atoms with E-state index >= 15 is 0 Å². The third-order valence-electron chi connectivity index (χ3n) is 2.81. The average molecular weight is 293 g/mol. The highest BCUT2D eigenvalue weighted by molar-refractivity contribution is 6.02. The Kier molecular flexibility index (Phi) is 4.27. The van der Waals surface area contributed by atoms with Gasteiger partial charge in [0, 0.05) is 5.56 Å². The van der Waals surface area contributed by atoms with Crippen molar-refractivity contribution in [3.8, 4) is 17.2 Å². The number of carbonyl (C=O) groups is 2. The van der Waals surface area contributed by atoms with Crippen LogP contribution in [0.25, 0.3) is 0 Å². The Balaban J connectivity index is 2.28. The van der Waals surface area contributed by atoms with E-state index in [4.69, 9.17) is 14.2 Å². The van der Waals surface area contributed by atoms with E-state index < -0.39 is 6.03 Å². The summed E-state index contributed by atoms with van der Waals surface area (Å²) in [6.07, 6.45) is 1.43. The number of methoxy groups -OCH3 is 3. The Morgan fingerprint density at radius 1 is 1.14 bits per heavy atom. The molecule has 1 saturated heterocycles. The van der Waals surface area contributed by atoms with Crippen LogP contribution in [0.4, 0.5) is 4.79 Å². The molecule has 1 fully saturated rings. The van der Waals surface area contributed by atoms with Crippen molar-refractivity contribution in [2.45, 2.75) is 0 Å².